The third kappa shape index (κ3) is 2.20. The van der Waals surface area contributed by atoms with E-state index < -0.39 is 23.6 Å². The zero-order valence-corrected chi connectivity index (χ0v) is 9.69. The number of carbonyl (C=O) groups excluding carboxylic acids is 1. The molecule has 98 valence electrons. The van der Waals surface area contributed by atoms with E-state index in [0.29, 0.717) is 11.3 Å². The molecule has 4 nitrogen and oxygen atoms in total. The zero-order valence-electron chi connectivity index (χ0n) is 8.87. The lowest BCUT2D eigenvalue weighted by atomic mass is 10.2. The highest BCUT2D eigenvalue weighted by atomic mass is 32.1. The van der Waals surface area contributed by atoms with E-state index in [1.54, 1.807) is 0 Å². The van der Waals surface area contributed by atoms with Crippen LogP contribution in [0.5, 0.6) is 0 Å². The Morgan fingerprint density at radius 3 is 2.22 bits per heavy atom. The number of aromatic carboxylic acids is 1. The van der Waals surface area contributed by atoms with Crippen molar-refractivity contribution in [2.24, 2.45) is 0 Å². The number of halogens is 3. The molecule has 1 aliphatic carbocycles. The third-order valence-corrected chi connectivity index (χ3v) is 3.76. The van der Waals surface area contributed by atoms with E-state index in [2.05, 4.69) is 0 Å². The van der Waals surface area contributed by atoms with Gasteiger partial charge in [-0.15, -0.1) is 11.3 Å². The van der Waals surface area contributed by atoms with Crippen LogP contribution in [0.25, 0.3) is 0 Å². The second-order valence-corrected chi connectivity index (χ2v) is 5.09. The molecule has 0 spiro atoms. The smallest absolute Gasteiger partial charge is 0.411 e. The number of carboxylic acids is 1. The van der Waals surface area contributed by atoms with Crippen LogP contribution < -0.4 is 5.32 Å². The lowest BCUT2D eigenvalue weighted by Gasteiger charge is -2.20. The molecule has 0 bridgehead atoms. The Kier molecular flexibility index (Phi) is 2.84. The van der Waals surface area contributed by atoms with Gasteiger partial charge in [-0.1, -0.05) is 0 Å². The Hall–Kier alpha value is -1.57. The van der Waals surface area contributed by atoms with Crippen molar-refractivity contribution in [1.82, 2.24) is 5.32 Å². The lowest BCUT2D eigenvalue weighted by Crippen LogP contribution is -2.47. The average Bonchev–Trinajstić information content (AvgIpc) is 2.87. The van der Waals surface area contributed by atoms with Crippen molar-refractivity contribution in [2.45, 2.75) is 24.6 Å². The fourth-order valence-corrected chi connectivity index (χ4v) is 2.20. The van der Waals surface area contributed by atoms with Crippen molar-refractivity contribution >= 4 is 23.2 Å². The van der Waals surface area contributed by atoms with Crippen LogP contribution >= 0.6 is 11.3 Å². The molecule has 1 heterocycles. The summed E-state index contributed by atoms with van der Waals surface area (Å²) in [6, 6.07) is 2.39. The number of alkyl halides is 3. The van der Waals surface area contributed by atoms with E-state index in [0.717, 1.165) is 0 Å². The van der Waals surface area contributed by atoms with Gasteiger partial charge in [0.1, 0.15) is 10.4 Å². The molecule has 2 rings (SSSR count). The molecule has 0 unspecified atom stereocenters. The van der Waals surface area contributed by atoms with Gasteiger partial charge in [0.05, 0.1) is 4.88 Å². The summed E-state index contributed by atoms with van der Waals surface area (Å²) in [4.78, 5) is 22.1. The largest absolute Gasteiger partial charge is 0.477 e. The third-order valence-electron chi connectivity index (χ3n) is 2.69. The molecular formula is C10H8F3NO3S. The molecule has 1 aromatic rings. The summed E-state index contributed by atoms with van der Waals surface area (Å²) >= 11 is 0.649. The van der Waals surface area contributed by atoms with Crippen LogP contribution in [0.2, 0.25) is 0 Å². The minimum Gasteiger partial charge on any atom is -0.477 e. The first-order chi connectivity index (χ1) is 8.25. The molecule has 18 heavy (non-hydrogen) atoms. The van der Waals surface area contributed by atoms with Gasteiger partial charge in [-0.2, -0.15) is 13.2 Å². The number of carboxylic acid groups (broad SMARTS) is 1. The van der Waals surface area contributed by atoms with Crippen molar-refractivity contribution in [3.8, 4) is 0 Å². The predicted molar refractivity (Wildman–Crippen MR) is 56.8 cm³/mol. The number of rotatable bonds is 3. The molecule has 0 atom stereocenters. The Morgan fingerprint density at radius 2 is 1.83 bits per heavy atom. The second-order valence-electron chi connectivity index (χ2n) is 4.00. The molecule has 2 N–H and O–H groups in total. The fraction of sp³-hybridized carbons (Fsp3) is 0.400. The van der Waals surface area contributed by atoms with E-state index in [4.69, 9.17) is 5.11 Å². The highest BCUT2D eigenvalue weighted by Gasteiger charge is 2.64. The summed E-state index contributed by atoms with van der Waals surface area (Å²) in [5.41, 5.74) is -2.13. The maximum atomic E-state index is 12.6. The SMILES string of the molecule is O=C(O)c1ccc(C(=O)NC2(C(F)(F)F)CC2)s1. The Morgan fingerprint density at radius 1 is 1.28 bits per heavy atom. The first-order valence-corrected chi connectivity index (χ1v) is 5.79. The van der Waals surface area contributed by atoms with Crippen LogP contribution in [0, 0.1) is 0 Å². The minimum absolute atomic E-state index is 0.0390. The molecule has 1 aromatic heterocycles. The molecule has 0 aromatic carbocycles. The van der Waals surface area contributed by atoms with Crippen LogP contribution in [0.4, 0.5) is 13.2 Å². The van der Waals surface area contributed by atoms with Gasteiger partial charge in [0, 0.05) is 0 Å². The van der Waals surface area contributed by atoms with Gasteiger partial charge in [-0.3, -0.25) is 4.79 Å². The van der Waals surface area contributed by atoms with Crippen LogP contribution in [0.1, 0.15) is 32.2 Å². The average molecular weight is 279 g/mol. The zero-order chi connectivity index (χ0) is 13.6. The van der Waals surface area contributed by atoms with E-state index in [1.165, 1.54) is 12.1 Å². The fourth-order valence-electron chi connectivity index (χ4n) is 1.46. The van der Waals surface area contributed by atoms with Crippen LogP contribution in [-0.4, -0.2) is 28.7 Å². The Labute approximate surface area is 103 Å². The van der Waals surface area contributed by atoms with Gasteiger partial charge in [-0.25, -0.2) is 4.79 Å². The molecule has 1 amide bonds. The van der Waals surface area contributed by atoms with Gasteiger partial charge in [0.15, 0.2) is 0 Å². The summed E-state index contributed by atoms with van der Waals surface area (Å²) < 4.78 is 37.8. The molecule has 0 aliphatic heterocycles. The maximum Gasteiger partial charge on any atom is 0.411 e. The standard InChI is InChI=1S/C10H8F3NO3S/c11-10(12,13)9(3-4-9)14-7(15)5-1-2-6(18-5)8(16)17/h1-2H,3-4H2,(H,14,15)(H,16,17). The molecule has 0 saturated heterocycles. The highest BCUT2D eigenvalue weighted by molar-refractivity contribution is 7.15. The first kappa shape index (κ1) is 12.9. The summed E-state index contributed by atoms with van der Waals surface area (Å²) in [5.74, 6) is -2.10. The minimum atomic E-state index is -4.48. The van der Waals surface area contributed by atoms with Gasteiger partial charge in [-0.05, 0) is 25.0 Å². The summed E-state index contributed by atoms with van der Waals surface area (Å²) in [7, 11) is 0. The Balaban J connectivity index is 2.11. The maximum absolute atomic E-state index is 12.6. The number of hydrogen-bond acceptors (Lipinski definition) is 3. The predicted octanol–water partition coefficient (Wildman–Crippen LogP) is 2.27. The van der Waals surface area contributed by atoms with Crippen molar-refractivity contribution in [1.29, 1.82) is 0 Å². The molecule has 8 heteroatoms. The quantitative estimate of drug-likeness (QED) is 0.892. The van der Waals surface area contributed by atoms with Crippen LogP contribution in [-0.2, 0) is 0 Å². The molecular weight excluding hydrogens is 271 g/mol. The lowest BCUT2D eigenvalue weighted by molar-refractivity contribution is -0.163. The van der Waals surface area contributed by atoms with Crippen molar-refractivity contribution in [2.75, 3.05) is 0 Å². The molecule has 1 fully saturated rings. The van der Waals surface area contributed by atoms with E-state index in [1.807, 2.05) is 5.32 Å². The second kappa shape index (κ2) is 3.98. The van der Waals surface area contributed by atoms with Crippen molar-refractivity contribution in [3.63, 3.8) is 0 Å². The van der Waals surface area contributed by atoms with Crippen LogP contribution in [0.3, 0.4) is 0 Å². The van der Waals surface area contributed by atoms with E-state index >= 15 is 0 Å². The van der Waals surface area contributed by atoms with Crippen molar-refractivity contribution < 1.29 is 27.9 Å². The van der Waals surface area contributed by atoms with Gasteiger partial charge >= 0.3 is 12.1 Å². The Bertz CT molecular complexity index is 505. The molecule has 0 radical (unpaired) electrons. The monoisotopic (exact) mass is 279 g/mol. The van der Waals surface area contributed by atoms with E-state index in [9.17, 15) is 22.8 Å². The normalized spacial score (nSPS) is 17.3. The number of hydrogen-bond donors (Lipinski definition) is 2. The summed E-state index contributed by atoms with van der Waals surface area (Å²) in [5, 5.41) is 10.6. The number of nitrogens with one attached hydrogen (secondary N) is 1. The van der Waals surface area contributed by atoms with E-state index in [-0.39, 0.29) is 22.6 Å². The highest BCUT2D eigenvalue weighted by Crippen LogP contribution is 2.49. The van der Waals surface area contributed by atoms with Gasteiger partial charge in [0.2, 0.25) is 0 Å². The van der Waals surface area contributed by atoms with Gasteiger partial charge in [0.25, 0.3) is 5.91 Å². The number of thiophene rings is 1. The van der Waals surface area contributed by atoms with Crippen molar-refractivity contribution in [3.05, 3.63) is 21.9 Å². The summed E-state index contributed by atoms with van der Waals surface area (Å²) in [6.07, 6.45) is -4.76. The molecule has 1 saturated carbocycles. The van der Waals surface area contributed by atoms with Crippen LogP contribution in [0.15, 0.2) is 12.1 Å². The van der Waals surface area contributed by atoms with Gasteiger partial charge < -0.3 is 10.4 Å². The topological polar surface area (TPSA) is 66.4 Å². The first-order valence-electron chi connectivity index (χ1n) is 4.97. The number of carbonyl (C=O) groups is 2. The summed E-state index contributed by atoms with van der Waals surface area (Å²) in [6.45, 7) is 0. The molecule has 1 aliphatic rings. The number of amides is 1.